The van der Waals surface area contributed by atoms with Gasteiger partial charge in [-0.15, -0.1) is 0 Å². The van der Waals surface area contributed by atoms with Crippen LogP contribution < -0.4 is 4.74 Å². The van der Waals surface area contributed by atoms with Crippen LogP contribution in [0.2, 0.25) is 0 Å². The zero-order chi connectivity index (χ0) is 15.9. The number of hydrogen-bond donors (Lipinski definition) is 0. The van der Waals surface area contributed by atoms with Gasteiger partial charge in [0.2, 0.25) is 0 Å². The van der Waals surface area contributed by atoms with Gasteiger partial charge in [-0.25, -0.2) is 9.37 Å². The van der Waals surface area contributed by atoms with E-state index in [2.05, 4.69) is 4.98 Å². The molecule has 0 fully saturated rings. The Morgan fingerprint density at radius 1 is 1.09 bits per heavy atom. The normalized spacial score (nSPS) is 12.4. The van der Waals surface area contributed by atoms with Crippen molar-refractivity contribution in [3.05, 3.63) is 90.8 Å². The molecule has 1 unspecified atom stereocenters. The maximum atomic E-state index is 13.0. The van der Waals surface area contributed by atoms with Gasteiger partial charge in [-0.05, 0) is 35.9 Å². The SMILES string of the molecule is Fc1ccc(OC(C=Cc2ccccc2)Cn2ccnc2)cc1. The summed E-state index contributed by atoms with van der Waals surface area (Å²) in [5.41, 5.74) is 1.10. The Balaban J connectivity index is 1.75. The van der Waals surface area contributed by atoms with Gasteiger partial charge in [0.1, 0.15) is 17.7 Å². The highest BCUT2D eigenvalue weighted by Gasteiger charge is 2.08. The molecule has 0 aliphatic heterocycles. The van der Waals surface area contributed by atoms with Crippen molar-refractivity contribution in [1.82, 2.24) is 9.55 Å². The van der Waals surface area contributed by atoms with Crippen LogP contribution in [0.15, 0.2) is 79.4 Å². The molecule has 1 aromatic heterocycles. The molecule has 3 aromatic rings. The van der Waals surface area contributed by atoms with Gasteiger partial charge in [0.15, 0.2) is 0 Å². The van der Waals surface area contributed by atoms with Crippen LogP contribution in [-0.4, -0.2) is 15.7 Å². The molecule has 0 radical (unpaired) electrons. The van der Waals surface area contributed by atoms with E-state index < -0.39 is 0 Å². The van der Waals surface area contributed by atoms with Crippen molar-refractivity contribution in [2.24, 2.45) is 0 Å². The third-order valence-electron chi connectivity index (χ3n) is 3.35. The second-order valence-electron chi connectivity index (χ2n) is 5.14. The second kappa shape index (κ2) is 7.40. The van der Waals surface area contributed by atoms with E-state index in [4.69, 9.17) is 4.74 Å². The number of imidazole rings is 1. The van der Waals surface area contributed by atoms with Crippen LogP contribution in [0.4, 0.5) is 4.39 Å². The molecule has 23 heavy (non-hydrogen) atoms. The molecule has 4 heteroatoms. The maximum absolute atomic E-state index is 13.0. The summed E-state index contributed by atoms with van der Waals surface area (Å²) >= 11 is 0. The van der Waals surface area contributed by atoms with Gasteiger partial charge < -0.3 is 9.30 Å². The Bertz CT molecular complexity index is 737. The van der Waals surface area contributed by atoms with Crippen molar-refractivity contribution in [2.45, 2.75) is 12.6 Å². The van der Waals surface area contributed by atoms with Crippen molar-refractivity contribution in [2.75, 3.05) is 0 Å². The molecule has 116 valence electrons. The molecule has 0 saturated heterocycles. The summed E-state index contributed by atoms with van der Waals surface area (Å²) in [6.07, 6.45) is 9.20. The summed E-state index contributed by atoms with van der Waals surface area (Å²) in [6.45, 7) is 0.626. The molecule has 1 atom stereocenters. The maximum Gasteiger partial charge on any atom is 0.135 e. The van der Waals surface area contributed by atoms with Gasteiger partial charge in [-0.1, -0.05) is 36.4 Å². The summed E-state index contributed by atoms with van der Waals surface area (Å²) in [7, 11) is 0. The number of ether oxygens (including phenoxy) is 1. The highest BCUT2D eigenvalue weighted by Crippen LogP contribution is 2.15. The molecular weight excluding hydrogens is 291 g/mol. The largest absolute Gasteiger partial charge is 0.484 e. The fourth-order valence-corrected chi connectivity index (χ4v) is 2.21. The average molecular weight is 308 g/mol. The average Bonchev–Trinajstić information content (AvgIpc) is 3.09. The Kier molecular flexibility index (Phi) is 4.84. The van der Waals surface area contributed by atoms with Crippen molar-refractivity contribution in [3.8, 4) is 5.75 Å². The van der Waals surface area contributed by atoms with Crippen LogP contribution >= 0.6 is 0 Å². The van der Waals surface area contributed by atoms with E-state index in [1.807, 2.05) is 53.2 Å². The first-order valence-electron chi connectivity index (χ1n) is 7.41. The zero-order valence-electron chi connectivity index (χ0n) is 12.5. The highest BCUT2D eigenvalue weighted by molar-refractivity contribution is 5.49. The Morgan fingerprint density at radius 3 is 2.57 bits per heavy atom. The van der Waals surface area contributed by atoms with Gasteiger partial charge in [-0.2, -0.15) is 0 Å². The molecule has 0 spiro atoms. The standard InChI is InChI=1S/C19H17FN2O/c20-17-7-10-18(11-8-17)23-19(14-22-13-12-21-15-22)9-6-16-4-2-1-3-5-16/h1-13,15,19H,14H2. The summed E-state index contributed by atoms with van der Waals surface area (Å²) in [6, 6.07) is 16.1. The molecule has 1 heterocycles. The lowest BCUT2D eigenvalue weighted by atomic mass is 10.2. The number of hydrogen-bond acceptors (Lipinski definition) is 2. The summed E-state index contributed by atoms with van der Waals surface area (Å²) in [5, 5.41) is 0. The lowest BCUT2D eigenvalue weighted by Gasteiger charge is -2.16. The smallest absolute Gasteiger partial charge is 0.135 e. The quantitative estimate of drug-likeness (QED) is 0.683. The van der Waals surface area contributed by atoms with Crippen LogP contribution in [0, 0.1) is 5.82 Å². The van der Waals surface area contributed by atoms with E-state index in [0.29, 0.717) is 12.3 Å². The number of halogens is 1. The first-order chi connectivity index (χ1) is 11.3. The molecule has 0 N–H and O–H groups in total. The minimum Gasteiger partial charge on any atom is -0.484 e. The summed E-state index contributed by atoms with van der Waals surface area (Å²) < 4.78 is 20.9. The van der Waals surface area contributed by atoms with Crippen LogP contribution in [0.25, 0.3) is 6.08 Å². The Morgan fingerprint density at radius 2 is 1.87 bits per heavy atom. The molecule has 0 bridgehead atoms. The predicted octanol–water partition coefficient (Wildman–Crippen LogP) is 4.18. The monoisotopic (exact) mass is 308 g/mol. The van der Waals surface area contributed by atoms with Crippen LogP contribution in [0.1, 0.15) is 5.56 Å². The first kappa shape index (κ1) is 15.0. The van der Waals surface area contributed by atoms with Gasteiger partial charge >= 0.3 is 0 Å². The third kappa shape index (κ3) is 4.54. The molecule has 0 saturated carbocycles. The second-order valence-corrected chi connectivity index (χ2v) is 5.14. The van der Waals surface area contributed by atoms with Crippen molar-refractivity contribution < 1.29 is 9.13 Å². The summed E-state index contributed by atoms with van der Waals surface area (Å²) in [5.74, 6) is 0.359. The lowest BCUT2D eigenvalue weighted by molar-refractivity contribution is 0.227. The lowest BCUT2D eigenvalue weighted by Crippen LogP contribution is -2.20. The molecule has 0 aliphatic rings. The van der Waals surface area contributed by atoms with Gasteiger partial charge in [0.25, 0.3) is 0 Å². The molecular formula is C19H17FN2O. The highest BCUT2D eigenvalue weighted by atomic mass is 19.1. The Hall–Kier alpha value is -2.88. The van der Waals surface area contributed by atoms with Crippen molar-refractivity contribution >= 4 is 6.08 Å². The van der Waals surface area contributed by atoms with Crippen LogP contribution in [0.5, 0.6) is 5.75 Å². The molecule has 0 amide bonds. The number of benzene rings is 2. The van der Waals surface area contributed by atoms with Crippen LogP contribution in [-0.2, 0) is 6.54 Å². The van der Waals surface area contributed by atoms with Crippen molar-refractivity contribution in [3.63, 3.8) is 0 Å². The molecule has 0 aliphatic carbocycles. The van der Waals surface area contributed by atoms with E-state index in [9.17, 15) is 4.39 Å². The third-order valence-corrected chi connectivity index (χ3v) is 3.35. The van der Waals surface area contributed by atoms with E-state index >= 15 is 0 Å². The molecule has 2 aromatic carbocycles. The van der Waals surface area contributed by atoms with Gasteiger partial charge in [0, 0.05) is 12.4 Å². The number of nitrogens with zero attached hydrogens (tertiary/aromatic N) is 2. The van der Waals surface area contributed by atoms with Gasteiger partial charge in [-0.3, -0.25) is 0 Å². The number of aromatic nitrogens is 2. The zero-order valence-corrected chi connectivity index (χ0v) is 12.5. The topological polar surface area (TPSA) is 27.1 Å². The van der Waals surface area contributed by atoms with Crippen LogP contribution in [0.3, 0.4) is 0 Å². The minimum atomic E-state index is -0.275. The first-order valence-corrected chi connectivity index (χ1v) is 7.41. The van der Waals surface area contributed by atoms with E-state index in [1.165, 1.54) is 12.1 Å². The Labute approximate surface area is 134 Å². The van der Waals surface area contributed by atoms with Gasteiger partial charge in [0.05, 0.1) is 12.9 Å². The fraction of sp³-hybridized carbons (Fsp3) is 0.105. The number of rotatable bonds is 6. The minimum absolute atomic E-state index is 0.185. The molecule has 3 rings (SSSR count). The van der Waals surface area contributed by atoms with E-state index in [-0.39, 0.29) is 11.9 Å². The summed E-state index contributed by atoms with van der Waals surface area (Å²) in [4.78, 5) is 4.05. The van der Waals surface area contributed by atoms with Crippen molar-refractivity contribution in [1.29, 1.82) is 0 Å². The predicted molar refractivity (Wildman–Crippen MR) is 88.5 cm³/mol. The van der Waals surface area contributed by atoms with E-state index in [0.717, 1.165) is 5.56 Å². The fourth-order valence-electron chi connectivity index (χ4n) is 2.21. The van der Waals surface area contributed by atoms with E-state index in [1.54, 1.807) is 24.7 Å². The molecule has 3 nitrogen and oxygen atoms in total.